The number of hydrogen-bond acceptors (Lipinski definition) is 5. The van der Waals surface area contributed by atoms with Gasteiger partial charge in [-0.05, 0) is 44.6 Å². The van der Waals surface area contributed by atoms with Gasteiger partial charge in [-0.1, -0.05) is 13.8 Å². The van der Waals surface area contributed by atoms with Crippen molar-refractivity contribution in [1.29, 1.82) is 0 Å². The second-order valence-corrected chi connectivity index (χ2v) is 6.99. The summed E-state index contributed by atoms with van der Waals surface area (Å²) in [5.74, 6) is 2.56. The van der Waals surface area contributed by atoms with Crippen molar-refractivity contribution in [3.05, 3.63) is 10.9 Å². The minimum atomic E-state index is 0.493. The van der Waals surface area contributed by atoms with Crippen LogP contribution < -0.4 is 10.6 Å². The van der Waals surface area contributed by atoms with Crippen LogP contribution in [0.15, 0.2) is 6.07 Å². The molecular weight excluding hydrogens is 280 g/mol. The van der Waals surface area contributed by atoms with Gasteiger partial charge >= 0.3 is 0 Å². The summed E-state index contributed by atoms with van der Waals surface area (Å²) in [5, 5.41) is 8.11. The average Bonchev–Trinajstić information content (AvgIpc) is 3.25. The molecule has 2 aromatic rings. The first-order valence-corrected chi connectivity index (χ1v) is 8.83. The van der Waals surface area contributed by atoms with Crippen molar-refractivity contribution < 1.29 is 0 Å². The summed E-state index contributed by atoms with van der Waals surface area (Å²) in [6.45, 7) is 7.52. The van der Waals surface area contributed by atoms with Crippen LogP contribution in [0.25, 0.3) is 10.2 Å². The molecule has 4 nitrogen and oxygen atoms in total. The Morgan fingerprint density at radius 3 is 2.81 bits per heavy atom. The normalized spacial score (nSPS) is 16.1. The van der Waals surface area contributed by atoms with E-state index >= 15 is 0 Å². The van der Waals surface area contributed by atoms with E-state index in [9.17, 15) is 0 Å². The molecule has 0 amide bonds. The largest absolute Gasteiger partial charge is 0.367 e. The fourth-order valence-electron chi connectivity index (χ4n) is 2.50. The third-order valence-corrected chi connectivity index (χ3v) is 5.19. The van der Waals surface area contributed by atoms with Crippen LogP contribution in [0.4, 0.5) is 11.8 Å². The fourth-order valence-corrected chi connectivity index (χ4v) is 3.47. The molecule has 0 aromatic carbocycles. The summed E-state index contributed by atoms with van der Waals surface area (Å²) in [5.41, 5.74) is 0. The Kier molecular flexibility index (Phi) is 4.29. The monoisotopic (exact) mass is 304 g/mol. The molecule has 5 heteroatoms. The van der Waals surface area contributed by atoms with E-state index in [1.165, 1.54) is 23.1 Å². The lowest BCUT2D eigenvalue weighted by Crippen LogP contribution is -2.19. The number of fused-ring (bicyclic) bond motifs is 1. The first-order chi connectivity index (χ1) is 10.2. The molecule has 1 aliphatic rings. The molecule has 1 saturated carbocycles. The first-order valence-electron chi connectivity index (χ1n) is 8.02. The zero-order valence-electron chi connectivity index (χ0n) is 13.1. The average molecular weight is 304 g/mol. The summed E-state index contributed by atoms with van der Waals surface area (Å²) in [6, 6.07) is 2.73. The zero-order chi connectivity index (χ0) is 14.8. The molecule has 2 N–H and O–H groups in total. The minimum Gasteiger partial charge on any atom is -0.367 e. The SMILES string of the molecule is CCCNc1nc(NC(C)C2CC2)c2cc(CC)sc2n1. The number of thiophene rings is 1. The van der Waals surface area contributed by atoms with E-state index in [1.807, 2.05) is 0 Å². The van der Waals surface area contributed by atoms with Crippen LogP contribution in [-0.2, 0) is 6.42 Å². The van der Waals surface area contributed by atoms with Gasteiger partial charge in [0.15, 0.2) is 0 Å². The number of aryl methyl sites for hydroxylation is 1. The number of hydrogen-bond donors (Lipinski definition) is 2. The van der Waals surface area contributed by atoms with E-state index in [2.05, 4.69) is 42.5 Å². The maximum Gasteiger partial charge on any atom is 0.226 e. The third-order valence-electron chi connectivity index (χ3n) is 4.02. The topological polar surface area (TPSA) is 49.8 Å². The van der Waals surface area contributed by atoms with E-state index in [4.69, 9.17) is 4.98 Å². The van der Waals surface area contributed by atoms with Gasteiger partial charge in [0.2, 0.25) is 5.95 Å². The first kappa shape index (κ1) is 14.6. The highest BCUT2D eigenvalue weighted by Crippen LogP contribution is 2.36. The quantitative estimate of drug-likeness (QED) is 0.801. The lowest BCUT2D eigenvalue weighted by atomic mass is 10.2. The minimum absolute atomic E-state index is 0.493. The van der Waals surface area contributed by atoms with Crippen molar-refractivity contribution in [1.82, 2.24) is 9.97 Å². The number of rotatable bonds is 7. The molecule has 2 aromatic heterocycles. The predicted molar refractivity (Wildman–Crippen MR) is 91.4 cm³/mol. The highest BCUT2D eigenvalue weighted by molar-refractivity contribution is 7.18. The molecule has 1 unspecified atom stereocenters. The van der Waals surface area contributed by atoms with Crippen LogP contribution >= 0.6 is 11.3 Å². The second kappa shape index (κ2) is 6.18. The number of anilines is 2. The Labute approximate surface area is 130 Å². The van der Waals surface area contributed by atoms with Gasteiger partial charge in [0.25, 0.3) is 0 Å². The van der Waals surface area contributed by atoms with Crippen molar-refractivity contribution in [2.24, 2.45) is 5.92 Å². The number of nitrogens with zero attached hydrogens (tertiary/aromatic N) is 2. The molecule has 1 fully saturated rings. The smallest absolute Gasteiger partial charge is 0.226 e. The molecule has 21 heavy (non-hydrogen) atoms. The van der Waals surface area contributed by atoms with Gasteiger partial charge < -0.3 is 10.6 Å². The molecule has 3 rings (SSSR count). The maximum atomic E-state index is 4.71. The highest BCUT2D eigenvalue weighted by Gasteiger charge is 2.28. The van der Waals surface area contributed by atoms with Gasteiger partial charge in [0.1, 0.15) is 10.6 Å². The van der Waals surface area contributed by atoms with Gasteiger partial charge in [-0.2, -0.15) is 4.98 Å². The Morgan fingerprint density at radius 1 is 1.33 bits per heavy atom. The Hall–Kier alpha value is -1.36. The molecule has 0 aliphatic heterocycles. The number of nitrogens with one attached hydrogen (secondary N) is 2. The highest BCUT2D eigenvalue weighted by atomic mass is 32.1. The van der Waals surface area contributed by atoms with Crippen molar-refractivity contribution in [3.63, 3.8) is 0 Å². The molecule has 2 heterocycles. The van der Waals surface area contributed by atoms with Gasteiger partial charge in [-0.25, -0.2) is 4.98 Å². The summed E-state index contributed by atoms with van der Waals surface area (Å²) < 4.78 is 0. The Balaban J connectivity index is 1.94. The van der Waals surface area contributed by atoms with Crippen molar-refractivity contribution in [2.75, 3.05) is 17.2 Å². The standard InChI is InChI=1S/C16H24N4S/c1-4-8-17-16-19-14(18-10(3)11-6-7-11)13-9-12(5-2)21-15(13)20-16/h9-11H,4-8H2,1-3H3,(H2,17,18,19,20). The summed E-state index contributed by atoms with van der Waals surface area (Å²) >= 11 is 1.78. The van der Waals surface area contributed by atoms with E-state index < -0.39 is 0 Å². The molecule has 114 valence electrons. The van der Waals surface area contributed by atoms with Crippen molar-refractivity contribution in [2.45, 2.75) is 52.5 Å². The maximum absolute atomic E-state index is 4.71. The molecule has 0 spiro atoms. The van der Waals surface area contributed by atoms with E-state index in [0.29, 0.717) is 6.04 Å². The van der Waals surface area contributed by atoms with Crippen LogP contribution in [0, 0.1) is 5.92 Å². The number of aromatic nitrogens is 2. The summed E-state index contributed by atoms with van der Waals surface area (Å²) in [6.07, 6.45) is 4.81. The summed E-state index contributed by atoms with van der Waals surface area (Å²) in [4.78, 5) is 11.8. The molecule has 0 radical (unpaired) electrons. The molecular formula is C16H24N4S. The predicted octanol–water partition coefficient (Wildman–Crippen LogP) is 4.29. The second-order valence-electron chi connectivity index (χ2n) is 5.88. The molecule has 0 saturated heterocycles. The molecule has 0 bridgehead atoms. The molecule has 1 aliphatic carbocycles. The van der Waals surface area contributed by atoms with Crippen LogP contribution in [0.2, 0.25) is 0 Å². The van der Waals surface area contributed by atoms with Gasteiger partial charge in [0.05, 0.1) is 5.39 Å². The van der Waals surface area contributed by atoms with Gasteiger partial charge in [-0.3, -0.25) is 0 Å². The lowest BCUT2D eigenvalue weighted by Gasteiger charge is -2.15. The fraction of sp³-hybridized carbons (Fsp3) is 0.625. The van der Waals surface area contributed by atoms with Crippen LogP contribution in [0.3, 0.4) is 0 Å². The van der Waals surface area contributed by atoms with Crippen molar-refractivity contribution in [3.8, 4) is 0 Å². The Bertz CT molecular complexity index is 618. The molecule has 1 atom stereocenters. The zero-order valence-corrected chi connectivity index (χ0v) is 13.9. The van der Waals surface area contributed by atoms with E-state index in [0.717, 1.165) is 41.9 Å². The van der Waals surface area contributed by atoms with Gasteiger partial charge in [-0.15, -0.1) is 11.3 Å². The summed E-state index contributed by atoms with van der Waals surface area (Å²) in [7, 11) is 0. The van der Waals surface area contributed by atoms with Crippen LogP contribution in [0.5, 0.6) is 0 Å². The van der Waals surface area contributed by atoms with E-state index in [-0.39, 0.29) is 0 Å². The van der Waals surface area contributed by atoms with Crippen molar-refractivity contribution >= 4 is 33.3 Å². The van der Waals surface area contributed by atoms with Crippen LogP contribution in [-0.4, -0.2) is 22.6 Å². The van der Waals surface area contributed by atoms with Crippen LogP contribution in [0.1, 0.15) is 44.9 Å². The lowest BCUT2D eigenvalue weighted by molar-refractivity contribution is 0.691. The third kappa shape index (κ3) is 3.28. The van der Waals surface area contributed by atoms with Gasteiger partial charge in [0, 0.05) is 17.5 Å². The Morgan fingerprint density at radius 2 is 2.14 bits per heavy atom. The van der Waals surface area contributed by atoms with E-state index in [1.54, 1.807) is 11.3 Å².